The Morgan fingerprint density at radius 1 is 1.29 bits per heavy atom. The largest absolute Gasteiger partial charge is 0.464 e. The van der Waals surface area contributed by atoms with E-state index in [4.69, 9.17) is 27.9 Å². The Labute approximate surface area is 176 Å². The van der Waals surface area contributed by atoms with Gasteiger partial charge in [0.1, 0.15) is 5.54 Å². The van der Waals surface area contributed by atoms with Crippen molar-refractivity contribution in [1.82, 2.24) is 5.32 Å². The van der Waals surface area contributed by atoms with Crippen LogP contribution in [0.15, 0.2) is 12.1 Å². The van der Waals surface area contributed by atoms with E-state index in [0.717, 1.165) is 0 Å². The lowest BCUT2D eigenvalue weighted by molar-refractivity contribution is -0.155. The number of rotatable bonds is 5. The zero-order valence-electron chi connectivity index (χ0n) is 15.1. The average Bonchev–Trinajstić information content (AvgIpc) is 2.91. The minimum absolute atomic E-state index is 0.0613. The maximum atomic E-state index is 12.8. The highest BCUT2D eigenvalue weighted by atomic mass is 35.5. The van der Waals surface area contributed by atoms with Gasteiger partial charge in [-0.05, 0) is 43.4 Å². The number of ether oxygens (including phenoxy) is 1. The number of aliphatic hydroxyl groups is 1. The number of hydrogen-bond acceptors (Lipinski definition) is 6. The molecule has 1 fully saturated rings. The molecule has 1 aromatic rings. The van der Waals surface area contributed by atoms with Crippen LogP contribution in [0.3, 0.4) is 0 Å². The minimum Gasteiger partial charge on any atom is -0.464 e. The van der Waals surface area contributed by atoms with Crippen LogP contribution in [0.4, 0.5) is 5.69 Å². The highest BCUT2D eigenvalue weighted by molar-refractivity contribution is 7.99. The molecule has 1 aromatic carbocycles. The molecule has 0 aliphatic carbocycles. The second kappa shape index (κ2) is 8.10. The Kier molecular flexibility index (Phi) is 6.14. The number of amides is 2. The van der Waals surface area contributed by atoms with E-state index in [2.05, 4.69) is 10.6 Å². The van der Waals surface area contributed by atoms with E-state index in [1.54, 1.807) is 18.7 Å². The fraction of sp³-hybridized carbons (Fsp3) is 0.500. The number of hydrogen-bond donors (Lipinski definition) is 3. The molecule has 1 atom stereocenters. The van der Waals surface area contributed by atoms with Crippen molar-refractivity contribution in [3.05, 3.63) is 27.7 Å². The van der Waals surface area contributed by atoms with E-state index in [0.29, 0.717) is 24.3 Å². The normalized spacial score (nSPS) is 22.9. The number of halogens is 2. The molecule has 2 aliphatic rings. The van der Waals surface area contributed by atoms with E-state index in [1.807, 2.05) is 0 Å². The number of nitrogens with one attached hydrogen (secondary N) is 2. The van der Waals surface area contributed by atoms with Crippen molar-refractivity contribution in [2.24, 2.45) is 0 Å². The third-order valence-electron chi connectivity index (χ3n) is 4.94. The van der Waals surface area contributed by atoms with Crippen molar-refractivity contribution >= 4 is 58.4 Å². The Morgan fingerprint density at radius 2 is 1.93 bits per heavy atom. The van der Waals surface area contributed by atoms with Gasteiger partial charge in [-0.1, -0.05) is 23.2 Å². The summed E-state index contributed by atoms with van der Waals surface area (Å²) in [4.78, 5) is 37.8. The second-order valence-electron chi connectivity index (χ2n) is 6.73. The Morgan fingerprint density at radius 3 is 2.57 bits per heavy atom. The van der Waals surface area contributed by atoms with Gasteiger partial charge in [-0.3, -0.25) is 9.59 Å². The van der Waals surface area contributed by atoms with Crippen LogP contribution in [0.1, 0.15) is 31.7 Å². The molecule has 152 valence electrons. The molecule has 0 bridgehead atoms. The first-order valence-electron chi connectivity index (χ1n) is 8.82. The minimum atomic E-state index is -2.18. The zero-order valence-corrected chi connectivity index (χ0v) is 17.5. The lowest BCUT2D eigenvalue weighted by Crippen LogP contribution is -2.58. The number of benzene rings is 1. The van der Waals surface area contributed by atoms with Gasteiger partial charge in [0.25, 0.3) is 5.91 Å². The molecule has 3 N–H and O–H groups in total. The number of carbonyl (C=O) groups excluding carboxylic acids is 3. The third-order valence-corrected chi connectivity index (χ3v) is 6.55. The first kappa shape index (κ1) is 21.2. The molecular weight excluding hydrogens is 427 g/mol. The van der Waals surface area contributed by atoms with E-state index in [1.165, 1.54) is 12.1 Å². The number of esters is 1. The molecule has 1 saturated heterocycles. The van der Waals surface area contributed by atoms with Gasteiger partial charge in [0.05, 0.1) is 23.7 Å². The first-order chi connectivity index (χ1) is 13.2. The summed E-state index contributed by atoms with van der Waals surface area (Å²) in [5.41, 5.74) is -3.10. The van der Waals surface area contributed by atoms with Gasteiger partial charge < -0.3 is 20.5 Å². The molecule has 2 amide bonds. The zero-order chi connectivity index (χ0) is 20.5. The maximum Gasteiger partial charge on any atom is 0.331 e. The van der Waals surface area contributed by atoms with E-state index >= 15 is 0 Å². The molecule has 1 unspecified atom stereocenters. The van der Waals surface area contributed by atoms with Gasteiger partial charge in [-0.15, -0.1) is 0 Å². The average molecular weight is 447 g/mol. The third kappa shape index (κ3) is 3.70. The molecule has 0 saturated carbocycles. The van der Waals surface area contributed by atoms with Crippen molar-refractivity contribution in [3.63, 3.8) is 0 Å². The predicted molar refractivity (Wildman–Crippen MR) is 108 cm³/mol. The monoisotopic (exact) mass is 446 g/mol. The highest BCUT2D eigenvalue weighted by Crippen LogP contribution is 2.46. The van der Waals surface area contributed by atoms with Crippen molar-refractivity contribution in [1.29, 1.82) is 0 Å². The molecular formula is C18H20Cl2N2O5S. The van der Waals surface area contributed by atoms with Gasteiger partial charge in [0.15, 0.2) is 5.60 Å². The molecule has 2 heterocycles. The highest BCUT2D eigenvalue weighted by Gasteiger charge is 2.51. The van der Waals surface area contributed by atoms with Gasteiger partial charge >= 0.3 is 5.97 Å². The fourth-order valence-corrected chi connectivity index (χ4v) is 5.20. The van der Waals surface area contributed by atoms with Crippen LogP contribution in [0, 0.1) is 0 Å². The predicted octanol–water partition coefficient (Wildman–Crippen LogP) is 2.47. The van der Waals surface area contributed by atoms with Gasteiger partial charge in [0.2, 0.25) is 5.91 Å². The number of fused-ring (bicyclic) bond motifs is 1. The quantitative estimate of drug-likeness (QED) is 0.600. The number of carbonyl (C=O) groups is 3. The Bertz CT molecular complexity index is 828. The lowest BCUT2D eigenvalue weighted by Gasteiger charge is -2.36. The van der Waals surface area contributed by atoms with Crippen molar-refractivity contribution in [3.8, 4) is 0 Å². The smallest absolute Gasteiger partial charge is 0.331 e. The van der Waals surface area contributed by atoms with Crippen LogP contribution in [0.25, 0.3) is 0 Å². The molecule has 28 heavy (non-hydrogen) atoms. The standard InChI is InChI=1S/C18H20Cl2N2O5S/c1-2-27-16(25)17(5-7-28-8-6-17)22-12(23)9-18(26)13-10(19)3-4-11(20)14(13)21-15(18)24/h3-4,26H,2,5-9H2,1H3,(H,21,24)(H,22,23). The second-order valence-corrected chi connectivity index (χ2v) is 8.77. The first-order valence-corrected chi connectivity index (χ1v) is 10.7. The van der Waals surface area contributed by atoms with Crippen molar-refractivity contribution < 1.29 is 24.2 Å². The Hall–Kier alpha value is -1.48. The summed E-state index contributed by atoms with van der Waals surface area (Å²) in [7, 11) is 0. The summed E-state index contributed by atoms with van der Waals surface area (Å²) in [6, 6.07) is 2.94. The molecule has 0 spiro atoms. The van der Waals surface area contributed by atoms with Gasteiger partial charge in [-0.25, -0.2) is 4.79 Å². The van der Waals surface area contributed by atoms with Crippen LogP contribution in [0.2, 0.25) is 10.0 Å². The SMILES string of the molecule is CCOC(=O)C1(NC(=O)CC2(O)C(=O)Nc3c(Cl)ccc(Cl)c32)CCSCC1. The van der Waals surface area contributed by atoms with Crippen LogP contribution in [-0.2, 0) is 24.7 Å². The summed E-state index contributed by atoms with van der Waals surface area (Å²) in [5.74, 6) is -0.575. The summed E-state index contributed by atoms with van der Waals surface area (Å²) in [5, 5.41) is 16.5. The lowest BCUT2D eigenvalue weighted by atomic mass is 9.88. The van der Waals surface area contributed by atoms with E-state index < -0.39 is 35.3 Å². The summed E-state index contributed by atoms with van der Waals surface area (Å²) in [6.45, 7) is 1.89. The van der Waals surface area contributed by atoms with E-state index in [-0.39, 0.29) is 27.9 Å². The molecule has 0 aromatic heterocycles. The topological polar surface area (TPSA) is 105 Å². The van der Waals surface area contributed by atoms with E-state index in [9.17, 15) is 19.5 Å². The summed E-state index contributed by atoms with van der Waals surface area (Å²) >= 11 is 13.9. The van der Waals surface area contributed by atoms with Crippen molar-refractivity contribution in [2.45, 2.75) is 37.3 Å². The van der Waals surface area contributed by atoms with Gasteiger partial charge in [-0.2, -0.15) is 11.8 Å². The number of anilines is 1. The fourth-order valence-electron chi connectivity index (χ4n) is 3.49. The van der Waals surface area contributed by atoms with Crippen LogP contribution in [0.5, 0.6) is 0 Å². The van der Waals surface area contributed by atoms with Crippen LogP contribution in [-0.4, -0.2) is 46.5 Å². The Balaban J connectivity index is 1.86. The van der Waals surface area contributed by atoms with Gasteiger partial charge in [0, 0.05) is 10.6 Å². The molecule has 3 rings (SSSR count). The van der Waals surface area contributed by atoms with Crippen LogP contribution >= 0.6 is 35.0 Å². The molecule has 7 nitrogen and oxygen atoms in total. The molecule has 10 heteroatoms. The number of thioether (sulfide) groups is 1. The summed E-state index contributed by atoms with van der Waals surface area (Å²) in [6.07, 6.45) is 0.228. The van der Waals surface area contributed by atoms with Crippen LogP contribution < -0.4 is 10.6 Å². The maximum absolute atomic E-state index is 12.8. The van der Waals surface area contributed by atoms with Crippen molar-refractivity contribution in [2.75, 3.05) is 23.4 Å². The molecule has 0 radical (unpaired) electrons. The summed E-state index contributed by atoms with van der Waals surface area (Å²) < 4.78 is 5.15. The molecule has 2 aliphatic heterocycles.